The standard InChI is InChI=1S/C17H24N2O2S/c1-3-4-10-20-11-12-22-17-19-18-16(21-17)13-14(2)15-8-6-5-7-9-15/h5-9,14H,3-4,10-13H2,1-2H3. The van der Waals surface area contributed by atoms with Gasteiger partial charge in [0.15, 0.2) is 0 Å². The molecule has 1 aromatic heterocycles. The molecule has 1 heterocycles. The van der Waals surface area contributed by atoms with Crippen molar-refractivity contribution in [2.24, 2.45) is 0 Å². The van der Waals surface area contributed by atoms with Gasteiger partial charge in [-0.2, -0.15) is 0 Å². The highest BCUT2D eigenvalue weighted by atomic mass is 32.2. The van der Waals surface area contributed by atoms with Crippen LogP contribution in [0.5, 0.6) is 0 Å². The zero-order chi connectivity index (χ0) is 15.6. The fraction of sp³-hybridized carbons (Fsp3) is 0.529. The van der Waals surface area contributed by atoms with Gasteiger partial charge in [0.05, 0.1) is 6.61 Å². The van der Waals surface area contributed by atoms with Crippen molar-refractivity contribution in [3.05, 3.63) is 41.8 Å². The number of hydrogen-bond donors (Lipinski definition) is 0. The van der Waals surface area contributed by atoms with E-state index in [-0.39, 0.29) is 0 Å². The lowest BCUT2D eigenvalue weighted by atomic mass is 9.98. The van der Waals surface area contributed by atoms with Crippen LogP contribution in [0.15, 0.2) is 40.0 Å². The van der Waals surface area contributed by atoms with Crippen LogP contribution in [0.1, 0.15) is 44.1 Å². The van der Waals surface area contributed by atoms with E-state index in [0.29, 0.717) is 17.0 Å². The van der Waals surface area contributed by atoms with Crippen molar-refractivity contribution in [3.63, 3.8) is 0 Å². The van der Waals surface area contributed by atoms with Gasteiger partial charge >= 0.3 is 0 Å². The molecule has 2 aromatic rings. The van der Waals surface area contributed by atoms with E-state index in [1.807, 2.05) is 6.07 Å². The van der Waals surface area contributed by atoms with Gasteiger partial charge in [0.25, 0.3) is 5.22 Å². The summed E-state index contributed by atoms with van der Waals surface area (Å²) in [6, 6.07) is 10.4. The van der Waals surface area contributed by atoms with E-state index < -0.39 is 0 Å². The van der Waals surface area contributed by atoms with E-state index in [9.17, 15) is 0 Å². The monoisotopic (exact) mass is 320 g/mol. The van der Waals surface area contributed by atoms with Crippen molar-refractivity contribution in [1.29, 1.82) is 0 Å². The van der Waals surface area contributed by atoms with E-state index in [0.717, 1.165) is 31.8 Å². The lowest BCUT2D eigenvalue weighted by Crippen LogP contribution is -1.98. The Kier molecular flexibility index (Phi) is 7.46. The van der Waals surface area contributed by atoms with E-state index in [1.54, 1.807) is 11.8 Å². The number of aromatic nitrogens is 2. The maximum atomic E-state index is 5.69. The number of benzene rings is 1. The normalized spacial score (nSPS) is 12.5. The SMILES string of the molecule is CCCCOCCSc1nnc(CC(C)c2ccccc2)o1. The molecule has 0 amide bonds. The van der Waals surface area contributed by atoms with E-state index in [2.05, 4.69) is 48.3 Å². The second kappa shape index (κ2) is 9.64. The molecule has 0 aliphatic carbocycles. The smallest absolute Gasteiger partial charge is 0.276 e. The molecular weight excluding hydrogens is 296 g/mol. The molecule has 5 heteroatoms. The van der Waals surface area contributed by atoms with Gasteiger partial charge < -0.3 is 9.15 Å². The van der Waals surface area contributed by atoms with Crippen molar-refractivity contribution < 1.29 is 9.15 Å². The first kappa shape index (κ1) is 17.0. The summed E-state index contributed by atoms with van der Waals surface area (Å²) in [6.07, 6.45) is 3.05. The number of nitrogens with zero attached hydrogens (tertiary/aromatic N) is 2. The number of ether oxygens (including phenoxy) is 1. The molecule has 0 N–H and O–H groups in total. The van der Waals surface area contributed by atoms with Gasteiger partial charge in [-0.05, 0) is 17.9 Å². The van der Waals surface area contributed by atoms with Gasteiger partial charge in [-0.3, -0.25) is 0 Å². The fourth-order valence-electron chi connectivity index (χ4n) is 2.08. The summed E-state index contributed by atoms with van der Waals surface area (Å²) in [5.41, 5.74) is 1.29. The molecule has 120 valence electrons. The molecule has 2 rings (SSSR count). The Hall–Kier alpha value is -1.33. The Morgan fingerprint density at radius 2 is 2.00 bits per heavy atom. The van der Waals surface area contributed by atoms with Gasteiger partial charge in [0, 0.05) is 18.8 Å². The van der Waals surface area contributed by atoms with Crippen molar-refractivity contribution in [2.45, 2.75) is 44.3 Å². The number of hydrogen-bond acceptors (Lipinski definition) is 5. The molecular formula is C17H24N2O2S. The van der Waals surface area contributed by atoms with E-state index in [1.165, 1.54) is 12.0 Å². The third-order valence-electron chi connectivity index (χ3n) is 3.39. The van der Waals surface area contributed by atoms with Crippen LogP contribution < -0.4 is 0 Å². The maximum absolute atomic E-state index is 5.69. The van der Waals surface area contributed by atoms with Gasteiger partial charge in [0.1, 0.15) is 0 Å². The average Bonchev–Trinajstić information content (AvgIpc) is 2.99. The molecule has 0 radical (unpaired) electrons. The lowest BCUT2D eigenvalue weighted by Gasteiger charge is -2.08. The summed E-state index contributed by atoms with van der Waals surface area (Å²) in [4.78, 5) is 0. The predicted molar refractivity (Wildman–Crippen MR) is 89.3 cm³/mol. The maximum Gasteiger partial charge on any atom is 0.276 e. The third-order valence-corrected chi connectivity index (χ3v) is 4.18. The van der Waals surface area contributed by atoms with E-state index in [4.69, 9.17) is 9.15 Å². The number of rotatable bonds is 10. The summed E-state index contributed by atoms with van der Waals surface area (Å²) in [5.74, 6) is 1.92. The zero-order valence-corrected chi connectivity index (χ0v) is 14.1. The van der Waals surface area contributed by atoms with Crippen LogP contribution in [0.4, 0.5) is 0 Å². The van der Waals surface area contributed by atoms with Crippen molar-refractivity contribution in [1.82, 2.24) is 10.2 Å². The molecule has 1 aromatic carbocycles. The molecule has 1 atom stereocenters. The molecule has 0 bridgehead atoms. The third kappa shape index (κ3) is 5.81. The second-order valence-electron chi connectivity index (χ2n) is 5.29. The molecule has 0 fully saturated rings. The summed E-state index contributed by atoms with van der Waals surface area (Å²) >= 11 is 1.56. The zero-order valence-electron chi connectivity index (χ0n) is 13.3. The minimum absolute atomic E-state index is 0.372. The molecule has 0 aliphatic heterocycles. The average molecular weight is 320 g/mol. The first-order valence-electron chi connectivity index (χ1n) is 7.87. The van der Waals surface area contributed by atoms with E-state index >= 15 is 0 Å². The fourth-order valence-corrected chi connectivity index (χ4v) is 2.71. The Morgan fingerprint density at radius 3 is 2.77 bits per heavy atom. The van der Waals surface area contributed by atoms with Gasteiger partial charge in [-0.15, -0.1) is 10.2 Å². The largest absolute Gasteiger partial charge is 0.416 e. The lowest BCUT2D eigenvalue weighted by molar-refractivity contribution is 0.147. The van der Waals surface area contributed by atoms with Crippen LogP contribution in [0, 0.1) is 0 Å². The second-order valence-corrected chi connectivity index (χ2v) is 6.34. The summed E-state index contributed by atoms with van der Waals surface area (Å²) in [7, 11) is 0. The topological polar surface area (TPSA) is 48.2 Å². The molecule has 0 saturated heterocycles. The molecule has 0 aliphatic rings. The van der Waals surface area contributed by atoms with Crippen molar-refractivity contribution in [2.75, 3.05) is 19.0 Å². The van der Waals surface area contributed by atoms with Gasteiger partial charge in [-0.1, -0.05) is 62.4 Å². The quantitative estimate of drug-likeness (QED) is 0.482. The molecule has 0 spiro atoms. The Labute approximate surface area is 136 Å². The molecule has 4 nitrogen and oxygen atoms in total. The van der Waals surface area contributed by atoms with Crippen LogP contribution >= 0.6 is 11.8 Å². The van der Waals surface area contributed by atoms with Crippen LogP contribution in [0.3, 0.4) is 0 Å². The summed E-state index contributed by atoms with van der Waals surface area (Å²) in [6.45, 7) is 5.89. The van der Waals surface area contributed by atoms with Crippen LogP contribution in [-0.2, 0) is 11.2 Å². The highest BCUT2D eigenvalue weighted by Crippen LogP contribution is 2.22. The molecule has 22 heavy (non-hydrogen) atoms. The van der Waals surface area contributed by atoms with Crippen LogP contribution in [0.25, 0.3) is 0 Å². The summed E-state index contributed by atoms with van der Waals surface area (Å²) in [5, 5.41) is 8.85. The highest BCUT2D eigenvalue weighted by molar-refractivity contribution is 7.99. The Bertz CT molecular complexity index is 530. The van der Waals surface area contributed by atoms with Crippen LogP contribution in [-0.4, -0.2) is 29.2 Å². The first-order valence-corrected chi connectivity index (χ1v) is 8.86. The van der Waals surface area contributed by atoms with Crippen molar-refractivity contribution in [3.8, 4) is 0 Å². The number of unbranched alkanes of at least 4 members (excludes halogenated alkanes) is 1. The summed E-state index contributed by atoms with van der Waals surface area (Å²) < 4.78 is 11.2. The number of thioether (sulfide) groups is 1. The highest BCUT2D eigenvalue weighted by Gasteiger charge is 2.12. The molecule has 1 unspecified atom stereocenters. The minimum Gasteiger partial charge on any atom is -0.416 e. The Balaban J connectivity index is 1.72. The first-order chi connectivity index (χ1) is 10.8. The predicted octanol–water partition coefficient (Wildman–Crippen LogP) is 4.32. The van der Waals surface area contributed by atoms with Gasteiger partial charge in [0.2, 0.25) is 5.89 Å². The van der Waals surface area contributed by atoms with Gasteiger partial charge in [-0.25, -0.2) is 0 Å². The Morgan fingerprint density at radius 1 is 1.18 bits per heavy atom. The van der Waals surface area contributed by atoms with Crippen molar-refractivity contribution >= 4 is 11.8 Å². The van der Waals surface area contributed by atoms with Crippen LogP contribution in [0.2, 0.25) is 0 Å². The minimum atomic E-state index is 0.372. The molecule has 0 saturated carbocycles.